The Kier molecular flexibility index (Phi) is 3.78. The SMILES string of the molecule is CNCc1coc(N2CCN(c3ncccn3)CC2)n1. The predicted molar refractivity (Wildman–Crippen MR) is 75.7 cm³/mol. The molecule has 0 bridgehead atoms. The summed E-state index contributed by atoms with van der Waals surface area (Å²) in [4.78, 5) is 17.3. The Morgan fingerprint density at radius 1 is 1.15 bits per heavy atom. The maximum atomic E-state index is 5.52. The van der Waals surface area contributed by atoms with Crippen LogP contribution in [-0.2, 0) is 6.54 Å². The highest BCUT2D eigenvalue weighted by Gasteiger charge is 2.21. The van der Waals surface area contributed by atoms with Gasteiger partial charge in [-0.3, -0.25) is 0 Å². The number of nitrogens with zero attached hydrogens (tertiary/aromatic N) is 5. The largest absolute Gasteiger partial charge is 0.432 e. The third-order valence-corrected chi connectivity index (χ3v) is 3.28. The van der Waals surface area contributed by atoms with Gasteiger partial charge in [0.1, 0.15) is 6.26 Å². The molecule has 1 fully saturated rings. The molecule has 3 rings (SSSR count). The van der Waals surface area contributed by atoms with Crippen LogP contribution in [0.5, 0.6) is 0 Å². The van der Waals surface area contributed by atoms with Gasteiger partial charge in [-0.05, 0) is 13.1 Å². The monoisotopic (exact) mass is 274 g/mol. The molecule has 2 aromatic rings. The molecule has 0 radical (unpaired) electrons. The summed E-state index contributed by atoms with van der Waals surface area (Å²) in [6, 6.07) is 2.53. The molecule has 0 unspecified atom stereocenters. The van der Waals surface area contributed by atoms with Crippen LogP contribution in [0.25, 0.3) is 0 Å². The molecule has 7 heteroatoms. The minimum absolute atomic E-state index is 0.698. The highest BCUT2D eigenvalue weighted by molar-refractivity contribution is 5.36. The van der Waals surface area contributed by atoms with E-state index in [0.717, 1.165) is 44.4 Å². The molecule has 0 aromatic carbocycles. The zero-order chi connectivity index (χ0) is 13.8. The highest BCUT2D eigenvalue weighted by Crippen LogP contribution is 2.17. The van der Waals surface area contributed by atoms with Crippen molar-refractivity contribution < 1.29 is 4.42 Å². The van der Waals surface area contributed by atoms with Crippen molar-refractivity contribution in [3.63, 3.8) is 0 Å². The lowest BCUT2D eigenvalue weighted by Gasteiger charge is -2.33. The quantitative estimate of drug-likeness (QED) is 0.871. The lowest BCUT2D eigenvalue weighted by atomic mass is 10.3. The van der Waals surface area contributed by atoms with Gasteiger partial charge in [0.2, 0.25) is 5.95 Å². The number of anilines is 2. The van der Waals surface area contributed by atoms with Crippen LogP contribution < -0.4 is 15.1 Å². The number of rotatable bonds is 4. The summed E-state index contributed by atoms with van der Waals surface area (Å²) in [5.74, 6) is 0.787. The molecule has 0 saturated carbocycles. The summed E-state index contributed by atoms with van der Waals surface area (Å²) in [7, 11) is 1.90. The first kappa shape index (κ1) is 12.9. The second kappa shape index (κ2) is 5.87. The van der Waals surface area contributed by atoms with Gasteiger partial charge in [0.25, 0.3) is 6.01 Å². The molecular weight excluding hydrogens is 256 g/mol. The first-order valence-corrected chi connectivity index (χ1v) is 6.73. The van der Waals surface area contributed by atoms with Crippen LogP contribution in [-0.4, -0.2) is 48.2 Å². The Morgan fingerprint density at radius 2 is 1.85 bits per heavy atom. The predicted octanol–water partition coefficient (Wildman–Crippen LogP) is 0.511. The minimum Gasteiger partial charge on any atom is -0.432 e. The van der Waals surface area contributed by atoms with E-state index in [4.69, 9.17) is 4.42 Å². The van der Waals surface area contributed by atoms with E-state index in [-0.39, 0.29) is 0 Å². The van der Waals surface area contributed by atoms with Gasteiger partial charge >= 0.3 is 0 Å². The van der Waals surface area contributed by atoms with Crippen LogP contribution in [0.4, 0.5) is 12.0 Å². The van der Waals surface area contributed by atoms with E-state index in [9.17, 15) is 0 Å². The van der Waals surface area contributed by atoms with Crippen molar-refractivity contribution >= 4 is 12.0 Å². The number of oxazole rings is 1. The smallest absolute Gasteiger partial charge is 0.297 e. The highest BCUT2D eigenvalue weighted by atomic mass is 16.4. The third-order valence-electron chi connectivity index (χ3n) is 3.28. The molecule has 2 aromatic heterocycles. The average molecular weight is 274 g/mol. The van der Waals surface area contributed by atoms with Crippen LogP contribution in [0.3, 0.4) is 0 Å². The Hall–Kier alpha value is -2.15. The normalized spacial score (nSPS) is 15.7. The molecule has 106 valence electrons. The van der Waals surface area contributed by atoms with Crippen molar-refractivity contribution in [1.29, 1.82) is 0 Å². The summed E-state index contributed by atoms with van der Waals surface area (Å²) in [5.41, 5.74) is 0.927. The summed E-state index contributed by atoms with van der Waals surface area (Å²) < 4.78 is 5.52. The Balaban J connectivity index is 1.60. The second-order valence-corrected chi connectivity index (χ2v) is 4.67. The van der Waals surface area contributed by atoms with Gasteiger partial charge in [-0.25, -0.2) is 9.97 Å². The molecule has 3 heterocycles. The van der Waals surface area contributed by atoms with Gasteiger partial charge in [-0.2, -0.15) is 4.98 Å². The molecule has 1 saturated heterocycles. The lowest BCUT2D eigenvalue weighted by molar-refractivity contribution is 0.513. The summed E-state index contributed by atoms with van der Waals surface area (Å²) in [5, 5.41) is 3.06. The van der Waals surface area contributed by atoms with Crippen LogP contribution in [0.2, 0.25) is 0 Å². The van der Waals surface area contributed by atoms with E-state index in [0.29, 0.717) is 6.01 Å². The molecule has 0 amide bonds. The number of hydrogen-bond acceptors (Lipinski definition) is 7. The first-order chi connectivity index (χ1) is 9.86. The summed E-state index contributed by atoms with van der Waals surface area (Å²) in [6.07, 6.45) is 5.25. The fourth-order valence-electron chi connectivity index (χ4n) is 2.26. The van der Waals surface area contributed by atoms with Crippen molar-refractivity contribution in [3.05, 3.63) is 30.4 Å². The molecular formula is C13H18N6O. The van der Waals surface area contributed by atoms with E-state index in [2.05, 4.69) is 30.1 Å². The van der Waals surface area contributed by atoms with E-state index in [1.54, 1.807) is 18.7 Å². The lowest BCUT2D eigenvalue weighted by Crippen LogP contribution is -2.47. The van der Waals surface area contributed by atoms with Crippen molar-refractivity contribution in [3.8, 4) is 0 Å². The van der Waals surface area contributed by atoms with E-state index >= 15 is 0 Å². The van der Waals surface area contributed by atoms with Crippen LogP contribution in [0, 0.1) is 0 Å². The van der Waals surface area contributed by atoms with Gasteiger partial charge in [0, 0.05) is 45.1 Å². The van der Waals surface area contributed by atoms with Gasteiger partial charge in [-0.15, -0.1) is 0 Å². The van der Waals surface area contributed by atoms with E-state index < -0.39 is 0 Å². The first-order valence-electron chi connectivity index (χ1n) is 6.73. The van der Waals surface area contributed by atoms with E-state index in [1.807, 2.05) is 13.1 Å². The van der Waals surface area contributed by atoms with Crippen molar-refractivity contribution in [2.24, 2.45) is 0 Å². The molecule has 0 atom stereocenters. The van der Waals surface area contributed by atoms with Crippen LogP contribution in [0.15, 0.2) is 29.1 Å². The molecule has 1 aliphatic rings. The van der Waals surface area contributed by atoms with Gasteiger partial charge in [0.15, 0.2) is 0 Å². The molecule has 1 aliphatic heterocycles. The Bertz CT molecular complexity index is 535. The van der Waals surface area contributed by atoms with Gasteiger partial charge in [-0.1, -0.05) is 0 Å². The second-order valence-electron chi connectivity index (χ2n) is 4.67. The van der Waals surface area contributed by atoms with Crippen LogP contribution in [0.1, 0.15) is 5.69 Å². The molecule has 1 N–H and O–H groups in total. The van der Waals surface area contributed by atoms with Gasteiger partial charge < -0.3 is 19.5 Å². The number of hydrogen-bond donors (Lipinski definition) is 1. The molecule has 20 heavy (non-hydrogen) atoms. The summed E-state index contributed by atoms with van der Waals surface area (Å²) in [6.45, 7) is 4.18. The van der Waals surface area contributed by atoms with Crippen LogP contribution >= 0.6 is 0 Å². The topological polar surface area (TPSA) is 70.3 Å². The fourth-order valence-corrected chi connectivity index (χ4v) is 2.26. The number of nitrogens with one attached hydrogen (secondary N) is 1. The fraction of sp³-hybridized carbons (Fsp3) is 0.462. The number of aromatic nitrogens is 3. The summed E-state index contributed by atoms with van der Waals surface area (Å²) >= 11 is 0. The average Bonchev–Trinajstić information content (AvgIpc) is 2.97. The Morgan fingerprint density at radius 3 is 2.55 bits per heavy atom. The zero-order valence-corrected chi connectivity index (χ0v) is 11.5. The molecule has 7 nitrogen and oxygen atoms in total. The maximum absolute atomic E-state index is 5.52. The zero-order valence-electron chi connectivity index (χ0n) is 11.5. The molecule has 0 spiro atoms. The third kappa shape index (κ3) is 2.72. The van der Waals surface area contributed by atoms with E-state index in [1.165, 1.54) is 0 Å². The minimum atomic E-state index is 0.698. The standard InChI is InChI=1S/C13H18N6O/c1-14-9-11-10-20-13(17-11)19-7-5-18(6-8-19)12-15-3-2-4-16-12/h2-4,10,14H,5-9H2,1H3. The molecule has 0 aliphatic carbocycles. The van der Waals surface area contributed by atoms with Crippen molar-refractivity contribution in [2.45, 2.75) is 6.54 Å². The maximum Gasteiger partial charge on any atom is 0.297 e. The Labute approximate surface area is 117 Å². The van der Waals surface area contributed by atoms with Gasteiger partial charge in [0.05, 0.1) is 5.69 Å². The van der Waals surface area contributed by atoms with Crippen molar-refractivity contribution in [2.75, 3.05) is 43.0 Å². The number of piperazine rings is 1. The van der Waals surface area contributed by atoms with Crippen molar-refractivity contribution in [1.82, 2.24) is 20.3 Å².